The Morgan fingerprint density at radius 1 is 0.750 bits per heavy atom. The molecule has 1 rings (SSSR count). The minimum atomic E-state index is 0. The predicted octanol–water partition coefficient (Wildman–Crippen LogP) is 0.581. The van der Waals surface area contributed by atoms with Gasteiger partial charge in [-0.05, 0) is 0 Å². The van der Waals surface area contributed by atoms with Crippen molar-refractivity contribution in [2.24, 2.45) is 0 Å². The first-order chi connectivity index (χ1) is 5.50. The van der Waals surface area contributed by atoms with Gasteiger partial charge in [0, 0.05) is 0 Å². The summed E-state index contributed by atoms with van der Waals surface area (Å²) in [5, 5.41) is 0. The fourth-order valence-corrected chi connectivity index (χ4v) is 0.321. The first-order valence-electron chi connectivity index (χ1n) is 2.37. The van der Waals surface area contributed by atoms with Crippen LogP contribution in [0, 0.1) is 0 Å². The van der Waals surface area contributed by atoms with Crippen LogP contribution in [-0.2, 0) is 34.2 Å². The second-order valence-corrected chi connectivity index (χ2v) is 0.962. The van der Waals surface area contributed by atoms with Gasteiger partial charge in [0.2, 0.25) is 0 Å². The number of rotatable bonds is 0. The maximum atomic E-state index is 7.75. The molecule has 1 radical (unpaired) electrons. The predicted molar refractivity (Wildman–Crippen MR) is 42.3 cm³/mol. The normalized spacial score (nSPS) is 4.33. The van der Waals surface area contributed by atoms with Crippen molar-refractivity contribution in [2.75, 3.05) is 0 Å². The Morgan fingerprint density at radius 3 is 1.08 bits per heavy atom. The monoisotopic (exact) mass is 344 g/mol. The van der Waals surface area contributed by atoms with E-state index in [0.29, 0.717) is 0 Å². The third-order valence-electron chi connectivity index (χ3n) is 0.556. The van der Waals surface area contributed by atoms with Crippen molar-refractivity contribution in [3.05, 3.63) is 30.3 Å². The van der Waals surface area contributed by atoms with Gasteiger partial charge < -0.3 is 14.4 Å². The van der Waals surface area contributed by atoms with E-state index in [1.807, 2.05) is 30.3 Å². The Bertz CT molecular complexity index is 97.9. The third kappa shape index (κ3) is 36.0. The summed E-state index contributed by atoms with van der Waals surface area (Å²) >= 11 is 0. The van der Waals surface area contributed by atoms with Crippen molar-refractivity contribution in [2.45, 2.75) is 0 Å². The van der Waals surface area contributed by atoms with Crippen molar-refractivity contribution in [1.82, 2.24) is 0 Å². The van der Waals surface area contributed by atoms with Crippen LogP contribution in [0.15, 0.2) is 30.3 Å². The van der Waals surface area contributed by atoms with Gasteiger partial charge in [-0.1, -0.05) is 0 Å². The Hall–Kier alpha value is -1.00. The molecule has 0 saturated carbocycles. The first kappa shape index (κ1) is 22.4. The number of carbonyl (C=O) groups excluding carboxylic acids is 3. The molecule has 0 aliphatic rings. The molecule has 12 heavy (non-hydrogen) atoms. The van der Waals surface area contributed by atoms with Crippen LogP contribution in [0.3, 0.4) is 0 Å². The summed E-state index contributed by atoms with van der Waals surface area (Å²) in [5.74, 6) is 0. The summed E-state index contributed by atoms with van der Waals surface area (Å²) in [4.78, 5) is 23.2. The molecule has 0 spiro atoms. The third-order valence-corrected chi connectivity index (χ3v) is 0.556. The minimum absolute atomic E-state index is 0. The topological polar surface area (TPSA) is 51.2 Å². The second kappa shape index (κ2) is 50.7. The van der Waals surface area contributed by atoms with Crippen molar-refractivity contribution in [1.29, 1.82) is 0 Å². The summed E-state index contributed by atoms with van der Waals surface area (Å²) in [6.45, 7) is 9.75. The van der Waals surface area contributed by atoms with E-state index in [1.54, 1.807) is 0 Å². The smallest absolute Gasteiger partial charge is 0.545 e. The number of hydrogen-bond acceptors (Lipinski definition) is 3. The Balaban J connectivity index is -0.0000000406. The molecule has 1 aromatic carbocycles. The van der Waals surface area contributed by atoms with E-state index < -0.39 is 0 Å². The fourth-order valence-electron chi connectivity index (χ4n) is 0.321. The molecule has 4 heteroatoms. The quantitative estimate of drug-likeness (QED) is 0.512. The maximum absolute atomic E-state index is 7.75. The van der Waals surface area contributed by atoms with Gasteiger partial charge in [-0.25, -0.2) is 12.1 Å². The molecule has 0 unspecified atom stereocenters. The van der Waals surface area contributed by atoms with Crippen LogP contribution < -0.4 is 0 Å². The molecule has 0 bridgehead atoms. The average Bonchev–Trinajstić information content (AvgIpc) is 2.71. The molecule has 0 aliphatic heterocycles. The second-order valence-electron chi connectivity index (χ2n) is 0.962. The minimum Gasteiger partial charge on any atom is -0.545 e. The molecule has 0 amide bonds. The van der Waals surface area contributed by atoms with E-state index in [1.165, 1.54) is 0 Å². The van der Waals surface area contributed by atoms with Crippen molar-refractivity contribution >= 4 is 20.4 Å². The van der Waals surface area contributed by atoms with E-state index in [2.05, 4.69) is 20.4 Å². The van der Waals surface area contributed by atoms with E-state index in [0.717, 1.165) is 0 Å². The molecular weight excluding hydrogens is 334 g/mol. The van der Waals surface area contributed by atoms with Gasteiger partial charge in [-0.15, -0.1) is 0 Å². The van der Waals surface area contributed by atoms with E-state index in [4.69, 9.17) is 14.4 Å². The zero-order valence-electron chi connectivity index (χ0n) is 6.20. The molecule has 1 aromatic rings. The Morgan fingerprint density at radius 2 is 1.00 bits per heavy atom. The zero-order chi connectivity index (χ0) is 9.54. The molecule has 0 saturated heterocycles. The van der Waals surface area contributed by atoms with Crippen molar-refractivity contribution < 1.29 is 34.2 Å². The number of hydrogen-bond donors (Lipinski definition) is 0. The molecule has 0 fully saturated rings. The standard InChI is InChI=1S/C5H5.3CHO.Os/c1-2-4-5-3-1;3*1-2;/h1-5H;3*1H;/q4*-1;+5. The van der Waals surface area contributed by atoms with E-state index >= 15 is 0 Å². The first-order valence-corrected chi connectivity index (χ1v) is 2.37. The van der Waals surface area contributed by atoms with Gasteiger partial charge in [0.05, 0.1) is 0 Å². The van der Waals surface area contributed by atoms with Crippen LogP contribution in [0.1, 0.15) is 0 Å². The van der Waals surface area contributed by atoms with Gasteiger partial charge in [0.25, 0.3) is 0 Å². The zero-order valence-corrected chi connectivity index (χ0v) is 8.74. The van der Waals surface area contributed by atoms with Crippen LogP contribution >= 0.6 is 0 Å². The van der Waals surface area contributed by atoms with Crippen LogP contribution in [0.25, 0.3) is 0 Å². The summed E-state index contributed by atoms with van der Waals surface area (Å²) < 4.78 is 0. The molecule has 65 valence electrons. The van der Waals surface area contributed by atoms with Gasteiger partial charge in [-0.3, -0.25) is 20.4 Å². The van der Waals surface area contributed by atoms with E-state index in [-0.39, 0.29) is 19.8 Å². The van der Waals surface area contributed by atoms with Crippen molar-refractivity contribution in [3.8, 4) is 0 Å². The van der Waals surface area contributed by atoms with Gasteiger partial charge in [0.1, 0.15) is 0 Å². The summed E-state index contributed by atoms with van der Waals surface area (Å²) in [6, 6.07) is 10.0. The Labute approximate surface area is 85.2 Å². The van der Waals surface area contributed by atoms with Gasteiger partial charge in [-0.2, -0.15) is 18.2 Å². The molecule has 0 aliphatic carbocycles. The van der Waals surface area contributed by atoms with Gasteiger partial charge >= 0.3 is 19.8 Å². The molecule has 0 aromatic heterocycles. The molecular formula is C8H8O3Os+. The molecule has 0 N–H and O–H groups in total. The van der Waals surface area contributed by atoms with Crippen LogP contribution in [0.4, 0.5) is 0 Å². The van der Waals surface area contributed by atoms with Crippen LogP contribution in [-0.4, -0.2) is 20.4 Å². The molecule has 3 nitrogen and oxygen atoms in total. The summed E-state index contributed by atoms with van der Waals surface area (Å²) in [5.41, 5.74) is 0. The molecule has 0 atom stereocenters. The Kier molecular flexibility index (Phi) is 94.8. The summed E-state index contributed by atoms with van der Waals surface area (Å²) in [6.07, 6.45) is 0. The average molecular weight is 342 g/mol. The van der Waals surface area contributed by atoms with Crippen LogP contribution in [0.5, 0.6) is 0 Å². The SMILES string of the molecule is [CH-]=O.[CH-]=O.[CH-]=O.[Os+5].c1cc[cH-]c1. The maximum Gasteiger partial charge on any atom is 5.00 e. The molecule has 0 heterocycles. The largest absolute Gasteiger partial charge is 5.00 e. The van der Waals surface area contributed by atoms with E-state index in [9.17, 15) is 0 Å². The fraction of sp³-hybridized carbons (Fsp3) is 0. The summed E-state index contributed by atoms with van der Waals surface area (Å²) in [7, 11) is 0. The van der Waals surface area contributed by atoms with Gasteiger partial charge in [0.15, 0.2) is 0 Å². The van der Waals surface area contributed by atoms with Crippen molar-refractivity contribution in [3.63, 3.8) is 0 Å². The van der Waals surface area contributed by atoms with Crippen LogP contribution in [0.2, 0.25) is 0 Å².